The molecule has 0 aromatic carbocycles. The van der Waals surface area contributed by atoms with Gasteiger partial charge in [0.15, 0.2) is 5.13 Å². The maximum Gasteiger partial charge on any atom is 0.407 e. The first kappa shape index (κ1) is 17.9. The van der Waals surface area contributed by atoms with E-state index in [-0.39, 0.29) is 11.9 Å². The molecule has 8 nitrogen and oxygen atoms in total. The van der Waals surface area contributed by atoms with E-state index in [1.165, 1.54) is 11.3 Å². The second-order valence-corrected chi connectivity index (χ2v) is 6.97. The summed E-state index contributed by atoms with van der Waals surface area (Å²) >= 11 is 1.34. The molecule has 142 valence electrons. The molecule has 1 atom stereocenters. The van der Waals surface area contributed by atoms with Crippen LogP contribution in [0, 0.1) is 0 Å². The van der Waals surface area contributed by atoms with E-state index in [0.29, 0.717) is 29.7 Å². The average Bonchev–Trinajstić information content (AvgIpc) is 3.42. The molecule has 28 heavy (non-hydrogen) atoms. The average molecular weight is 395 g/mol. The van der Waals surface area contributed by atoms with Gasteiger partial charge in [-0.15, -0.1) is 11.3 Å². The van der Waals surface area contributed by atoms with Crippen LogP contribution in [0.3, 0.4) is 0 Å². The first-order valence-corrected chi connectivity index (χ1v) is 9.48. The van der Waals surface area contributed by atoms with Gasteiger partial charge in [-0.2, -0.15) is 0 Å². The second kappa shape index (κ2) is 8.05. The number of aromatic nitrogens is 3. The van der Waals surface area contributed by atoms with Gasteiger partial charge >= 0.3 is 6.09 Å². The fraction of sp³-hybridized carbons (Fsp3) is 0.158. The van der Waals surface area contributed by atoms with Gasteiger partial charge in [-0.3, -0.25) is 15.1 Å². The summed E-state index contributed by atoms with van der Waals surface area (Å²) in [5.74, 6) is -0.222. The van der Waals surface area contributed by atoms with Crippen LogP contribution in [0.5, 0.6) is 0 Å². The van der Waals surface area contributed by atoms with E-state index >= 15 is 0 Å². The number of cyclic esters (lactones) is 1. The lowest BCUT2D eigenvalue weighted by Gasteiger charge is -2.08. The predicted molar refractivity (Wildman–Crippen MR) is 105 cm³/mol. The second-order valence-electron chi connectivity index (χ2n) is 6.12. The molecular weight excluding hydrogens is 378 g/mol. The van der Waals surface area contributed by atoms with Crippen molar-refractivity contribution < 1.29 is 14.3 Å². The van der Waals surface area contributed by atoms with Gasteiger partial charge in [0.1, 0.15) is 12.3 Å². The summed E-state index contributed by atoms with van der Waals surface area (Å²) in [4.78, 5) is 32.0. The summed E-state index contributed by atoms with van der Waals surface area (Å²) in [5, 5.41) is 7.83. The molecule has 0 aliphatic carbocycles. The first-order chi connectivity index (χ1) is 13.7. The Hall–Kier alpha value is -3.46. The van der Waals surface area contributed by atoms with E-state index in [1.807, 2.05) is 40.4 Å². The molecule has 0 spiro atoms. The van der Waals surface area contributed by atoms with Crippen molar-refractivity contribution in [3.8, 4) is 0 Å². The molecule has 1 fully saturated rings. The van der Waals surface area contributed by atoms with E-state index in [2.05, 4.69) is 20.6 Å². The SMILES string of the molecule is O=C1NC(/C=C/c2csc(NC(=O)c3cccn3Cc3ccncc3)n2)CO1. The van der Waals surface area contributed by atoms with Crippen molar-refractivity contribution in [2.75, 3.05) is 11.9 Å². The summed E-state index contributed by atoms with van der Waals surface area (Å²) in [6.07, 6.45) is 8.50. The summed E-state index contributed by atoms with van der Waals surface area (Å²) in [6.45, 7) is 0.886. The summed E-state index contributed by atoms with van der Waals surface area (Å²) < 4.78 is 6.70. The highest BCUT2D eigenvalue weighted by molar-refractivity contribution is 7.14. The summed E-state index contributed by atoms with van der Waals surface area (Å²) in [7, 11) is 0. The van der Waals surface area contributed by atoms with Crippen molar-refractivity contribution in [3.63, 3.8) is 0 Å². The molecular formula is C19H17N5O3S. The quantitative estimate of drug-likeness (QED) is 0.669. The predicted octanol–water partition coefficient (Wildman–Crippen LogP) is 2.76. The van der Waals surface area contributed by atoms with Crippen LogP contribution in [-0.4, -0.2) is 39.2 Å². The number of anilines is 1. The minimum absolute atomic E-state index is 0.163. The van der Waals surface area contributed by atoms with Crippen LogP contribution in [0.2, 0.25) is 0 Å². The Morgan fingerprint density at radius 2 is 2.25 bits per heavy atom. The number of hydrogen-bond donors (Lipinski definition) is 2. The van der Waals surface area contributed by atoms with E-state index in [4.69, 9.17) is 4.74 Å². The number of carbonyl (C=O) groups is 2. The number of pyridine rings is 1. The molecule has 1 aliphatic rings. The molecule has 1 unspecified atom stereocenters. The highest BCUT2D eigenvalue weighted by Crippen LogP contribution is 2.18. The number of rotatable bonds is 6. The van der Waals surface area contributed by atoms with Gasteiger partial charge < -0.3 is 14.6 Å². The van der Waals surface area contributed by atoms with Crippen molar-refractivity contribution in [1.29, 1.82) is 0 Å². The van der Waals surface area contributed by atoms with Crippen LogP contribution in [-0.2, 0) is 11.3 Å². The fourth-order valence-electron chi connectivity index (χ4n) is 2.74. The van der Waals surface area contributed by atoms with Crippen molar-refractivity contribution in [2.45, 2.75) is 12.6 Å². The van der Waals surface area contributed by atoms with E-state index in [9.17, 15) is 9.59 Å². The minimum Gasteiger partial charge on any atom is -0.447 e. The number of thiazole rings is 1. The van der Waals surface area contributed by atoms with E-state index < -0.39 is 6.09 Å². The third-order valence-electron chi connectivity index (χ3n) is 4.10. The monoisotopic (exact) mass is 395 g/mol. The Kier molecular flexibility index (Phi) is 5.16. The zero-order valence-corrected chi connectivity index (χ0v) is 15.6. The van der Waals surface area contributed by atoms with E-state index in [1.54, 1.807) is 24.5 Å². The van der Waals surface area contributed by atoms with Crippen LogP contribution < -0.4 is 10.6 Å². The lowest BCUT2D eigenvalue weighted by Crippen LogP contribution is -2.23. The molecule has 0 saturated carbocycles. The molecule has 4 heterocycles. The van der Waals surface area contributed by atoms with Crippen LogP contribution >= 0.6 is 11.3 Å². The van der Waals surface area contributed by atoms with Crippen LogP contribution in [0.1, 0.15) is 21.7 Å². The number of nitrogens with zero attached hydrogens (tertiary/aromatic N) is 3. The van der Waals surface area contributed by atoms with Gasteiger partial charge in [0.2, 0.25) is 0 Å². The third-order valence-corrected chi connectivity index (χ3v) is 4.88. The molecule has 3 aromatic rings. The molecule has 9 heteroatoms. The molecule has 3 aromatic heterocycles. The largest absolute Gasteiger partial charge is 0.447 e. The van der Waals surface area contributed by atoms with Gasteiger partial charge in [-0.1, -0.05) is 6.08 Å². The molecule has 1 aliphatic heterocycles. The Morgan fingerprint density at radius 3 is 3.04 bits per heavy atom. The van der Waals surface area contributed by atoms with Crippen molar-refractivity contribution >= 4 is 34.5 Å². The minimum atomic E-state index is -0.421. The lowest BCUT2D eigenvalue weighted by molar-refractivity contribution is 0.101. The topological polar surface area (TPSA) is 98.1 Å². The summed E-state index contributed by atoms with van der Waals surface area (Å²) in [5.41, 5.74) is 2.31. The number of nitrogens with one attached hydrogen (secondary N) is 2. The molecule has 2 N–H and O–H groups in total. The van der Waals surface area contributed by atoms with Crippen LogP contribution in [0.15, 0.2) is 54.3 Å². The molecule has 0 bridgehead atoms. The number of carbonyl (C=O) groups excluding carboxylic acids is 2. The number of hydrogen-bond acceptors (Lipinski definition) is 6. The number of alkyl carbamates (subject to hydrolysis) is 1. The fourth-order valence-corrected chi connectivity index (χ4v) is 3.42. The zero-order chi connectivity index (χ0) is 19.3. The molecule has 2 amide bonds. The smallest absolute Gasteiger partial charge is 0.407 e. The Balaban J connectivity index is 1.39. The lowest BCUT2D eigenvalue weighted by atomic mass is 10.2. The Bertz CT molecular complexity index is 1010. The van der Waals surface area contributed by atoms with Crippen molar-refractivity contribution in [3.05, 3.63) is 71.3 Å². The van der Waals surface area contributed by atoms with Gasteiger partial charge in [0, 0.05) is 30.5 Å². The maximum atomic E-state index is 12.6. The molecule has 4 rings (SSSR count). The standard InChI is InChI=1S/C19H17N5O3S/c25-17(16-2-1-9-24(16)10-13-5-7-20-8-6-13)23-18-21-15(12-28-18)4-3-14-11-27-19(26)22-14/h1-9,12,14H,10-11H2,(H,22,26)(H,21,23,25)/b4-3+. The van der Waals surface area contributed by atoms with Gasteiger partial charge in [0.05, 0.1) is 11.7 Å². The number of amides is 2. The highest BCUT2D eigenvalue weighted by atomic mass is 32.1. The van der Waals surface area contributed by atoms with Gasteiger partial charge in [-0.25, -0.2) is 9.78 Å². The summed E-state index contributed by atoms with van der Waals surface area (Å²) in [6, 6.07) is 7.28. The van der Waals surface area contributed by atoms with Crippen LogP contribution in [0.4, 0.5) is 9.93 Å². The van der Waals surface area contributed by atoms with E-state index in [0.717, 1.165) is 5.56 Å². The Morgan fingerprint density at radius 1 is 1.39 bits per heavy atom. The van der Waals surface area contributed by atoms with Gasteiger partial charge in [-0.05, 0) is 35.9 Å². The van der Waals surface area contributed by atoms with Crippen LogP contribution in [0.25, 0.3) is 6.08 Å². The zero-order valence-electron chi connectivity index (χ0n) is 14.7. The normalized spacial score (nSPS) is 16.1. The first-order valence-electron chi connectivity index (χ1n) is 8.60. The van der Waals surface area contributed by atoms with Crippen molar-refractivity contribution in [1.82, 2.24) is 19.9 Å². The third kappa shape index (κ3) is 4.26. The number of ether oxygens (including phenoxy) is 1. The Labute approximate surface area is 164 Å². The highest BCUT2D eigenvalue weighted by Gasteiger charge is 2.19. The van der Waals surface area contributed by atoms with Gasteiger partial charge in [0.25, 0.3) is 5.91 Å². The van der Waals surface area contributed by atoms with Crippen molar-refractivity contribution in [2.24, 2.45) is 0 Å². The maximum absolute atomic E-state index is 12.6. The molecule has 0 radical (unpaired) electrons. The molecule has 1 saturated heterocycles.